The molecule has 0 fully saturated rings. The maximum absolute atomic E-state index is 3.05. The van der Waals surface area contributed by atoms with Gasteiger partial charge in [-0.1, -0.05) is 0 Å². The predicted molar refractivity (Wildman–Crippen MR) is 26.2 cm³/mol. The summed E-state index contributed by atoms with van der Waals surface area (Å²) in [5.74, 6) is 0. The summed E-state index contributed by atoms with van der Waals surface area (Å²) in [7, 11) is 0. The minimum atomic E-state index is 0. The van der Waals surface area contributed by atoms with Crippen molar-refractivity contribution in [1.29, 1.82) is 0 Å². The monoisotopic (exact) mass is 274 g/mol. The molecule has 0 saturated carbocycles. The van der Waals surface area contributed by atoms with Gasteiger partial charge >= 0.3 is 26.2 Å². The van der Waals surface area contributed by atoms with Gasteiger partial charge in [-0.05, 0) is 0 Å². The zero-order valence-corrected chi connectivity index (χ0v) is 10.2. The molecule has 0 unspecified atom stereocenters. The van der Waals surface area contributed by atoms with E-state index in [0.29, 0.717) is 0 Å². The fourth-order valence-corrected chi connectivity index (χ4v) is 0.499. The molecule has 0 heterocycles. The smallest absolute Gasteiger partial charge is 1.00 e. The molecule has 0 aliphatic heterocycles. The van der Waals surface area contributed by atoms with Crippen LogP contribution in [0.25, 0.3) is 0 Å². The Kier molecular flexibility index (Phi) is 28.9. The minimum absolute atomic E-state index is 0. The molecule has 4 heteroatoms. The summed E-state index contributed by atoms with van der Waals surface area (Å²) in [4.78, 5) is 0. The van der Waals surface area contributed by atoms with E-state index < -0.39 is 0 Å². The second-order valence-corrected chi connectivity index (χ2v) is 1.50. The summed E-state index contributed by atoms with van der Waals surface area (Å²) in [6.45, 7) is 2.08. The third-order valence-electron chi connectivity index (χ3n) is 0.872. The molecule has 0 N–H and O–H groups in total. The normalized spacial score (nSPS) is 11.1. The Labute approximate surface area is 99.9 Å². The summed E-state index contributed by atoms with van der Waals surface area (Å²) in [6, 6.07) is 0. The second kappa shape index (κ2) is 12.9. The van der Waals surface area contributed by atoms with Crippen molar-refractivity contribution in [3.63, 3.8) is 0 Å². The van der Waals surface area contributed by atoms with E-state index in [4.69, 9.17) is 0 Å². The van der Waals surface area contributed by atoms with E-state index in [1.165, 1.54) is 5.57 Å². The van der Waals surface area contributed by atoms with Crippen molar-refractivity contribution >= 4 is 0 Å². The van der Waals surface area contributed by atoms with Crippen LogP contribution in [0.5, 0.6) is 0 Å². The molecule has 0 bridgehead atoms. The van der Waals surface area contributed by atoms with Gasteiger partial charge in [0.2, 0.25) is 0 Å². The molecule has 1 aliphatic carbocycles. The van der Waals surface area contributed by atoms with E-state index in [-0.39, 0.29) is 63.4 Å². The van der Waals surface area contributed by atoms with Crippen LogP contribution in [0.4, 0.5) is 0 Å². The molecule has 0 amide bonds. The fraction of sp³-hybridized carbons (Fsp3) is 0.333. The zero-order valence-electron chi connectivity index (χ0n) is 5.50. The second-order valence-electron chi connectivity index (χ2n) is 1.50. The first-order valence-electron chi connectivity index (χ1n) is 2.13. The molecule has 56 valence electrons. The molecule has 0 aromatic carbocycles. The van der Waals surface area contributed by atoms with Gasteiger partial charge in [-0.3, -0.25) is 6.08 Å². The van der Waals surface area contributed by atoms with E-state index in [2.05, 4.69) is 19.1 Å². The van der Waals surface area contributed by atoms with Crippen molar-refractivity contribution in [3.05, 3.63) is 23.8 Å². The largest absolute Gasteiger partial charge is 4.00 e. The average molecular weight is 277 g/mol. The first-order chi connectivity index (χ1) is 2.89. The number of halogens is 3. The van der Waals surface area contributed by atoms with Crippen LogP contribution in [0.15, 0.2) is 17.7 Å². The number of rotatable bonds is 0. The molecule has 0 aromatic rings. The summed E-state index contributed by atoms with van der Waals surface area (Å²) in [6.07, 6.45) is 8.24. The molecular weight excluding hydrogens is 270 g/mol. The number of allylic oxidation sites excluding steroid dienone is 4. The first-order valence-corrected chi connectivity index (χ1v) is 2.13. The Morgan fingerprint density at radius 3 is 1.90 bits per heavy atom. The van der Waals surface area contributed by atoms with Crippen LogP contribution in [-0.4, -0.2) is 0 Å². The van der Waals surface area contributed by atoms with Crippen LogP contribution in [0.2, 0.25) is 0 Å². The summed E-state index contributed by atoms with van der Waals surface area (Å²) in [5, 5.41) is 0. The molecule has 1 rings (SSSR count). The molecule has 10 heavy (non-hydrogen) atoms. The summed E-state index contributed by atoms with van der Waals surface area (Å²) in [5.41, 5.74) is 1.34. The van der Waals surface area contributed by atoms with E-state index in [9.17, 15) is 0 Å². The third kappa shape index (κ3) is 9.23. The van der Waals surface area contributed by atoms with Crippen LogP contribution >= 0.6 is 0 Å². The van der Waals surface area contributed by atoms with Gasteiger partial charge in [0.25, 0.3) is 0 Å². The Balaban J connectivity index is -0.0000000450. The molecule has 0 saturated heterocycles. The standard InChI is InChI=1S/C6H7.3ClH.Zr/c1-6-4-2-3-5-6;;;;/h4-5H,2H2,1H3;3*1H;/q-1;;;;+4/p-3. The zero-order chi connectivity index (χ0) is 4.41. The minimum Gasteiger partial charge on any atom is -1.00 e. The van der Waals surface area contributed by atoms with Gasteiger partial charge < -0.3 is 37.2 Å². The van der Waals surface area contributed by atoms with Gasteiger partial charge in [0.1, 0.15) is 0 Å². The summed E-state index contributed by atoms with van der Waals surface area (Å²) < 4.78 is 0. The Morgan fingerprint density at radius 1 is 1.30 bits per heavy atom. The van der Waals surface area contributed by atoms with Gasteiger partial charge in [0, 0.05) is 0 Å². The van der Waals surface area contributed by atoms with Gasteiger partial charge in [0.15, 0.2) is 0 Å². The van der Waals surface area contributed by atoms with Crippen LogP contribution in [0, 0.1) is 6.08 Å². The van der Waals surface area contributed by atoms with Crippen molar-refractivity contribution in [1.82, 2.24) is 0 Å². The van der Waals surface area contributed by atoms with Gasteiger partial charge in [-0.25, -0.2) is 11.6 Å². The molecule has 1 aliphatic rings. The van der Waals surface area contributed by atoms with Gasteiger partial charge in [-0.15, -0.1) is 13.3 Å². The predicted octanol–water partition coefficient (Wildman–Crippen LogP) is -7.29. The van der Waals surface area contributed by atoms with Gasteiger partial charge in [0.05, 0.1) is 0 Å². The van der Waals surface area contributed by atoms with Crippen molar-refractivity contribution in [3.8, 4) is 0 Å². The Morgan fingerprint density at radius 2 is 1.80 bits per heavy atom. The van der Waals surface area contributed by atoms with Crippen molar-refractivity contribution in [2.45, 2.75) is 13.3 Å². The number of hydrogen-bond donors (Lipinski definition) is 0. The molecule has 0 aromatic heterocycles. The van der Waals surface area contributed by atoms with Crippen LogP contribution in [0.1, 0.15) is 13.3 Å². The molecule has 0 radical (unpaired) electrons. The van der Waals surface area contributed by atoms with Crippen molar-refractivity contribution < 1.29 is 63.4 Å². The SMILES string of the molecule is CC1=CC[C-]=C1.[Cl-].[Cl-].[Cl-].[Zr+4]. The van der Waals surface area contributed by atoms with Gasteiger partial charge in [-0.2, -0.15) is 6.08 Å². The fourth-order valence-electron chi connectivity index (χ4n) is 0.499. The Hall–Kier alpha value is 1.23. The molecule has 0 atom stereocenters. The van der Waals surface area contributed by atoms with Crippen molar-refractivity contribution in [2.24, 2.45) is 0 Å². The molecule has 0 nitrogen and oxygen atoms in total. The number of hydrogen-bond acceptors (Lipinski definition) is 0. The molecule has 0 spiro atoms. The van der Waals surface area contributed by atoms with E-state index in [0.717, 1.165) is 6.42 Å². The average Bonchev–Trinajstić information content (AvgIpc) is 1.86. The first kappa shape index (κ1) is 22.5. The third-order valence-corrected chi connectivity index (χ3v) is 0.872. The summed E-state index contributed by atoms with van der Waals surface area (Å²) >= 11 is 0. The van der Waals surface area contributed by atoms with E-state index in [1.54, 1.807) is 0 Å². The maximum atomic E-state index is 3.05. The quantitative estimate of drug-likeness (QED) is 0.386. The van der Waals surface area contributed by atoms with Crippen LogP contribution in [-0.2, 0) is 26.2 Å². The topological polar surface area (TPSA) is 0 Å². The van der Waals surface area contributed by atoms with E-state index >= 15 is 0 Å². The van der Waals surface area contributed by atoms with E-state index in [1.807, 2.05) is 6.08 Å². The Bertz CT molecular complexity index is 107. The van der Waals surface area contributed by atoms with Crippen LogP contribution < -0.4 is 37.2 Å². The molecular formula is C6H7Cl3Zr. The maximum Gasteiger partial charge on any atom is 4.00 e. The van der Waals surface area contributed by atoms with Crippen LogP contribution in [0.3, 0.4) is 0 Å². The van der Waals surface area contributed by atoms with Crippen molar-refractivity contribution in [2.75, 3.05) is 0 Å².